The monoisotopic (exact) mass is 369 g/mol. The molecule has 1 saturated heterocycles. The Morgan fingerprint density at radius 1 is 1.30 bits per heavy atom. The van der Waals surface area contributed by atoms with E-state index >= 15 is 0 Å². The van der Waals surface area contributed by atoms with Crippen LogP contribution in [-0.2, 0) is 4.79 Å². The summed E-state index contributed by atoms with van der Waals surface area (Å²) in [6.07, 6.45) is 2.29. The summed E-state index contributed by atoms with van der Waals surface area (Å²) >= 11 is 0. The predicted molar refractivity (Wildman–Crippen MR) is 106 cm³/mol. The van der Waals surface area contributed by atoms with E-state index in [1.54, 1.807) is 6.92 Å². The van der Waals surface area contributed by atoms with E-state index < -0.39 is 0 Å². The van der Waals surface area contributed by atoms with E-state index in [1.165, 1.54) is 18.1 Å². The summed E-state index contributed by atoms with van der Waals surface area (Å²) in [6, 6.07) is 12.0. The third-order valence-electron chi connectivity index (χ3n) is 4.75. The maximum atomic E-state index is 12.2. The minimum Gasteiger partial charge on any atom is -0.354 e. The maximum absolute atomic E-state index is 12.2. The van der Waals surface area contributed by atoms with Gasteiger partial charge in [-0.3, -0.25) is 19.5 Å². The lowest BCUT2D eigenvalue weighted by Gasteiger charge is -2.32. The van der Waals surface area contributed by atoms with E-state index in [2.05, 4.69) is 49.8 Å². The lowest BCUT2D eigenvalue weighted by molar-refractivity contribution is -0.122. The molecule has 3 rings (SSSR count). The fraction of sp³-hybridized carbons (Fsp3) is 0.450. The van der Waals surface area contributed by atoms with E-state index in [-0.39, 0.29) is 11.5 Å². The molecule has 0 saturated carbocycles. The molecule has 3 N–H and O–H groups in total. The zero-order chi connectivity index (χ0) is 19.1. The van der Waals surface area contributed by atoms with E-state index in [4.69, 9.17) is 0 Å². The van der Waals surface area contributed by atoms with Gasteiger partial charge >= 0.3 is 0 Å². The summed E-state index contributed by atoms with van der Waals surface area (Å²) in [5.74, 6) is 0.950. The van der Waals surface area contributed by atoms with Crippen molar-refractivity contribution in [3.63, 3.8) is 0 Å². The number of carbonyl (C=O) groups excluding carboxylic acids is 1. The van der Waals surface area contributed by atoms with Gasteiger partial charge in [-0.2, -0.15) is 0 Å². The number of amides is 1. The SMILES string of the molecule is Cc1cc(=O)[nH]c(NCCNC(=O)CN2CCC[C@@H](c3ccccc3)C2)n1. The van der Waals surface area contributed by atoms with Crippen LogP contribution in [0.4, 0.5) is 5.95 Å². The molecular weight excluding hydrogens is 342 g/mol. The molecule has 0 spiro atoms. The topological polar surface area (TPSA) is 90.1 Å². The van der Waals surface area contributed by atoms with Crippen LogP contribution in [0.1, 0.15) is 30.0 Å². The average Bonchev–Trinajstić information content (AvgIpc) is 2.65. The molecule has 1 atom stereocenters. The van der Waals surface area contributed by atoms with Gasteiger partial charge in [0, 0.05) is 31.4 Å². The number of hydrogen-bond donors (Lipinski definition) is 3. The lowest BCUT2D eigenvalue weighted by atomic mass is 9.91. The van der Waals surface area contributed by atoms with E-state index in [0.717, 1.165) is 19.5 Å². The molecule has 1 fully saturated rings. The number of H-pyrrole nitrogens is 1. The lowest BCUT2D eigenvalue weighted by Crippen LogP contribution is -2.43. The molecule has 1 aliphatic heterocycles. The Bertz CT molecular complexity index is 806. The number of nitrogens with one attached hydrogen (secondary N) is 3. The minimum absolute atomic E-state index is 0.0243. The van der Waals surface area contributed by atoms with Crippen molar-refractivity contribution in [2.45, 2.75) is 25.7 Å². The second-order valence-electron chi connectivity index (χ2n) is 7.00. The van der Waals surface area contributed by atoms with Crippen molar-refractivity contribution in [1.29, 1.82) is 0 Å². The van der Waals surface area contributed by atoms with E-state index in [0.29, 0.717) is 37.2 Å². The zero-order valence-electron chi connectivity index (χ0n) is 15.7. The first-order chi connectivity index (χ1) is 13.1. The number of piperidine rings is 1. The molecule has 0 radical (unpaired) electrons. The van der Waals surface area contributed by atoms with Crippen LogP contribution in [0.5, 0.6) is 0 Å². The highest BCUT2D eigenvalue weighted by Crippen LogP contribution is 2.26. The fourth-order valence-electron chi connectivity index (χ4n) is 3.50. The smallest absolute Gasteiger partial charge is 0.252 e. The van der Waals surface area contributed by atoms with Crippen molar-refractivity contribution in [2.24, 2.45) is 0 Å². The molecule has 0 unspecified atom stereocenters. The Morgan fingerprint density at radius 2 is 2.11 bits per heavy atom. The van der Waals surface area contributed by atoms with E-state index in [9.17, 15) is 9.59 Å². The number of aromatic nitrogens is 2. The molecule has 0 aliphatic carbocycles. The van der Waals surface area contributed by atoms with Crippen molar-refractivity contribution in [1.82, 2.24) is 20.2 Å². The van der Waals surface area contributed by atoms with E-state index in [1.807, 2.05) is 6.07 Å². The summed E-state index contributed by atoms with van der Waals surface area (Å²) < 4.78 is 0. The predicted octanol–water partition coefficient (Wildman–Crippen LogP) is 1.49. The second kappa shape index (κ2) is 9.32. The Hall–Kier alpha value is -2.67. The summed E-state index contributed by atoms with van der Waals surface area (Å²) in [5, 5.41) is 5.94. The van der Waals surface area contributed by atoms with Gasteiger partial charge in [-0.05, 0) is 37.8 Å². The number of rotatable bonds is 7. The third kappa shape index (κ3) is 5.92. The van der Waals surface area contributed by atoms with Gasteiger partial charge in [0.15, 0.2) is 0 Å². The van der Waals surface area contributed by atoms with Crippen LogP contribution in [0, 0.1) is 6.92 Å². The van der Waals surface area contributed by atoms with Gasteiger partial charge < -0.3 is 10.6 Å². The largest absolute Gasteiger partial charge is 0.354 e. The van der Waals surface area contributed by atoms with Crippen molar-refractivity contribution in [3.8, 4) is 0 Å². The zero-order valence-corrected chi connectivity index (χ0v) is 15.7. The van der Waals surface area contributed by atoms with Gasteiger partial charge in [0.05, 0.1) is 6.54 Å². The van der Waals surface area contributed by atoms with Gasteiger partial charge in [-0.25, -0.2) is 4.98 Å². The van der Waals surface area contributed by atoms with Crippen LogP contribution in [0.15, 0.2) is 41.2 Å². The molecule has 2 heterocycles. The van der Waals surface area contributed by atoms with Crippen molar-refractivity contribution >= 4 is 11.9 Å². The number of benzene rings is 1. The molecule has 27 heavy (non-hydrogen) atoms. The van der Waals surface area contributed by atoms with Gasteiger partial charge in [-0.15, -0.1) is 0 Å². The Morgan fingerprint density at radius 3 is 2.89 bits per heavy atom. The Balaban J connectivity index is 1.39. The molecule has 7 nitrogen and oxygen atoms in total. The second-order valence-corrected chi connectivity index (χ2v) is 7.00. The van der Waals surface area contributed by atoms with Crippen molar-refractivity contribution < 1.29 is 4.79 Å². The summed E-state index contributed by atoms with van der Waals surface area (Å²) in [6.45, 7) is 5.05. The number of aryl methyl sites for hydroxylation is 1. The highest BCUT2D eigenvalue weighted by atomic mass is 16.2. The highest BCUT2D eigenvalue weighted by Gasteiger charge is 2.22. The third-order valence-corrected chi connectivity index (χ3v) is 4.75. The van der Waals surface area contributed by atoms with Crippen molar-refractivity contribution in [2.75, 3.05) is 38.0 Å². The summed E-state index contributed by atoms with van der Waals surface area (Å²) in [7, 11) is 0. The quantitative estimate of drug-likeness (QED) is 0.644. The van der Waals surface area contributed by atoms with Crippen LogP contribution in [0.25, 0.3) is 0 Å². The van der Waals surface area contributed by atoms with Crippen LogP contribution < -0.4 is 16.2 Å². The number of anilines is 1. The Labute approximate surface area is 159 Å². The number of aromatic amines is 1. The number of hydrogen-bond acceptors (Lipinski definition) is 5. The molecule has 1 aliphatic rings. The maximum Gasteiger partial charge on any atom is 0.252 e. The van der Waals surface area contributed by atoms with Crippen LogP contribution in [0.2, 0.25) is 0 Å². The highest BCUT2D eigenvalue weighted by molar-refractivity contribution is 5.78. The molecule has 0 bridgehead atoms. The molecule has 7 heteroatoms. The van der Waals surface area contributed by atoms with Crippen LogP contribution in [0.3, 0.4) is 0 Å². The molecular formula is C20H27N5O2. The fourth-order valence-corrected chi connectivity index (χ4v) is 3.50. The molecule has 1 amide bonds. The molecule has 144 valence electrons. The Kier molecular flexibility index (Phi) is 6.59. The van der Waals surface area contributed by atoms with Crippen LogP contribution >= 0.6 is 0 Å². The first-order valence-electron chi connectivity index (χ1n) is 9.46. The van der Waals surface area contributed by atoms with Gasteiger partial charge in [0.2, 0.25) is 11.9 Å². The summed E-state index contributed by atoms with van der Waals surface area (Å²) in [5.41, 5.74) is 1.82. The van der Waals surface area contributed by atoms with Gasteiger partial charge in [0.1, 0.15) is 0 Å². The van der Waals surface area contributed by atoms with Crippen molar-refractivity contribution in [3.05, 3.63) is 58.0 Å². The molecule has 2 aromatic rings. The standard InChI is InChI=1S/C20H27N5O2/c1-15-12-18(26)24-20(23-15)22-10-9-21-19(27)14-25-11-5-8-17(13-25)16-6-3-2-4-7-16/h2-4,6-7,12,17H,5,8-11,13-14H2,1H3,(H,21,27)(H2,22,23,24,26)/t17-/m1/s1. The molecule has 1 aromatic heterocycles. The average molecular weight is 369 g/mol. The molecule has 1 aromatic carbocycles. The first kappa shape index (κ1) is 19.1. The minimum atomic E-state index is -0.188. The number of carbonyl (C=O) groups is 1. The van der Waals surface area contributed by atoms with Gasteiger partial charge in [0.25, 0.3) is 5.56 Å². The first-order valence-corrected chi connectivity index (χ1v) is 9.46. The van der Waals surface area contributed by atoms with Gasteiger partial charge in [-0.1, -0.05) is 30.3 Å². The summed E-state index contributed by atoms with van der Waals surface area (Å²) in [4.78, 5) is 32.7. The normalized spacial score (nSPS) is 17.4. The van der Waals surface area contributed by atoms with Crippen LogP contribution in [-0.4, -0.2) is 53.5 Å². The number of likely N-dealkylation sites (tertiary alicyclic amines) is 1. The number of nitrogens with zero attached hydrogens (tertiary/aromatic N) is 2.